The molecule has 2 rings (SSSR count). The van der Waals surface area contributed by atoms with Gasteiger partial charge in [0, 0.05) is 24.3 Å². The average molecular weight is 262 g/mol. The maximum atomic E-state index is 11.6. The summed E-state index contributed by atoms with van der Waals surface area (Å²) in [6.07, 6.45) is 3.72. The Labute approximate surface area is 106 Å². The van der Waals surface area contributed by atoms with E-state index in [1.54, 1.807) is 0 Å². The fourth-order valence-electron chi connectivity index (χ4n) is 1.37. The molecule has 0 unspecified atom stereocenters. The minimum Gasteiger partial charge on any atom is -0.323 e. The summed E-state index contributed by atoms with van der Waals surface area (Å²) in [7, 11) is 0. The second kappa shape index (κ2) is 4.33. The number of hydrogen-bond donors (Lipinski definition) is 0. The quantitative estimate of drug-likeness (QED) is 0.468. The highest BCUT2D eigenvalue weighted by atomic mass is 16.7. The molecule has 2 aliphatic heterocycles. The van der Waals surface area contributed by atoms with Gasteiger partial charge in [-0.2, -0.15) is 0 Å². The third-order valence-corrected chi connectivity index (χ3v) is 2.26. The summed E-state index contributed by atoms with van der Waals surface area (Å²) in [4.78, 5) is 61.4. The van der Waals surface area contributed by atoms with Crippen LogP contribution in [-0.4, -0.2) is 39.6 Å². The Hall–Kier alpha value is -3.03. The third kappa shape index (κ3) is 2.06. The Balaban J connectivity index is 2.07. The SMILES string of the molecule is C=C(C(=O)ON1C(=O)C=CC1=O)N1C(=O)C=CC1=O. The molecule has 0 atom stereocenters. The molecule has 0 aliphatic carbocycles. The summed E-state index contributed by atoms with van der Waals surface area (Å²) in [5.74, 6) is -4.46. The number of carbonyl (C=O) groups excluding carboxylic acids is 5. The zero-order chi connectivity index (χ0) is 14.2. The average Bonchev–Trinajstić information content (AvgIpc) is 2.85. The molecule has 0 spiro atoms. The summed E-state index contributed by atoms with van der Waals surface area (Å²) < 4.78 is 0. The molecule has 8 nitrogen and oxygen atoms in total. The summed E-state index contributed by atoms with van der Waals surface area (Å²) in [5, 5.41) is 0.200. The van der Waals surface area contributed by atoms with Gasteiger partial charge < -0.3 is 4.84 Å². The standard InChI is InChI=1S/C11H6N2O6/c1-6(12-7(14)2-3-8(12)15)11(18)19-13-9(16)4-5-10(13)17/h2-5H,1H2. The maximum Gasteiger partial charge on any atom is 0.380 e. The molecule has 96 valence electrons. The van der Waals surface area contributed by atoms with E-state index >= 15 is 0 Å². The van der Waals surface area contributed by atoms with Gasteiger partial charge in [-0.05, 0) is 0 Å². The summed E-state index contributed by atoms with van der Waals surface area (Å²) in [6, 6.07) is 0. The number of carbonyl (C=O) groups is 5. The summed E-state index contributed by atoms with van der Waals surface area (Å²) >= 11 is 0. The van der Waals surface area contributed by atoms with Gasteiger partial charge in [-0.3, -0.25) is 19.2 Å². The molecule has 0 fully saturated rings. The Morgan fingerprint density at radius 2 is 1.32 bits per heavy atom. The van der Waals surface area contributed by atoms with Crippen LogP contribution in [0.15, 0.2) is 36.6 Å². The Kier molecular flexibility index (Phi) is 2.83. The van der Waals surface area contributed by atoms with E-state index in [1.807, 2.05) is 0 Å². The Bertz CT molecular complexity index is 564. The van der Waals surface area contributed by atoms with Crippen LogP contribution in [0.2, 0.25) is 0 Å². The minimum absolute atomic E-state index is 0.200. The van der Waals surface area contributed by atoms with E-state index in [2.05, 4.69) is 11.4 Å². The second-order valence-corrected chi connectivity index (χ2v) is 3.47. The fourth-order valence-corrected chi connectivity index (χ4v) is 1.37. The first kappa shape index (κ1) is 12.4. The highest BCUT2D eigenvalue weighted by molar-refractivity contribution is 6.18. The highest BCUT2D eigenvalue weighted by Gasteiger charge is 2.34. The van der Waals surface area contributed by atoms with Crippen LogP contribution < -0.4 is 0 Å². The lowest BCUT2D eigenvalue weighted by atomic mass is 10.4. The van der Waals surface area contributed by atoms with Crippen molar-refractivity contribution >= 4 is 29.6 Å². The van der Waals surface area contributed by atoms with Gasteiger partial charge in [0.05, 0.1) is 0 Å². The van der Waals surface area contributed by atoms with Gasteiger partial charge in [-0.1, -0.05) is 11.6 Å². The van der Waals surface area contributed by atoms with Crippen molar-refractivity contribution in [2.45, 2.75) is 0 Å². The molecule has 0 N–H and O–H groups in total. The van der Waals surface area contributed by atoms with E-state index in [0.29, 0.717) is 4.90 Å². The van der Waals surface area contributed by atoms with Crippen LogP contribution in [0.25, 0.3) is 0 Å². The van der Waals surface area contributed by atoms with Crippen LogP contribution in [0.1, 0.15) is 0 Å². The van der Waals surface area contributed by atoms with Crippen LogP contribution in [-0.2, 0) is 28.8 Å². The van der Waals surface area contributed by atoms with Crippen molar-refractivity contribution in [3.05, 3.63) is 36.6 Å². The number of hydroxylamine groups is 2. The van der Waals surface area contributed by atoms with Crippen LogP contribution in [0.3, 0.4) is 0 Å². The first-order chi connectivity index (χ1) is 8.91. The lowest BCUT2D eigenvalue weighted by Gasteiger charge is -2.17. The van der Waals surface area contributed by atoms with Gasteiger partial charge in [0.15, 0.2) is 0 Å². The molecule has 0 saturated carbocycles. The molecule has 2 aliphatic rings. The van der Waals surface area contributed by atoms with Crippen LogP contribution in [0.4, 0.5) is 0 Å². The molecule has 8 heteroatoms. The zero-order valence-electron chi connectivity index (χ0n) is 9.36. The van der Waals surface area contributed by atoms with Gasteiger partial charge in [0.2, 0.25) is 0 Å². The van der Waals surface area contributed by atoms with Crippen molar-refractivity contribution in [3.8, 4) is 0 Å². The van der Waals surface area contributed by atoms with Crippen molar-refractivity contribution in [2.24, 2.45) is 0 Å². The van der Waals surface area contributed by atoms with E-state index in [0.717, 1.165) is 24.3 Å². The third-order valence-electron chi connectivity index (χ3n) is 2.26. The zero-order valence-corrected chi connectivity index (χ0v) is 9.36. The van der Waals surface area contributed by atoms with Crippen molar-refractivity contribution in [1.82, 2.24) is 9.96 Å². The predicted octanol–water partition coefficient (Wildman–Crippen LogP) is -1.19. The Morgan fingerprint density at radius 3 is 1.79 bits per heavy atom. The van der Waals surface area contributed by atoms with Crippen LogP contribution in [0.5, 0.6) is 0 Å². The smallest absolute Gasteiger partial charge is 0.323 e. The Morgan fingerprint density at radius 1 is 0.895 bits per heavy atom. The number of imide groups is 2. The first-order valence-electron chi connectivity index (χ1n) is 4.95. The van der Waals surface area contributed by atoms with Crippen LogP contribution in [0, 0.1) is 0 Å². The minimum atomic E-state index is -1.25. The largest absolute Gasteiger partial charge is 0.380 e. The number of rotatable bonds is 3. The molecular formula is C11H6N2O6. The van der Waals surface area contributed by atoms with E-state index in [-0.39, 0.29) is 5.06 Å². The van der Waals surface area contributed by atoms with Crippen molar-refractivity contribution < 1.29 is 28.8 Å². The van der Waals surface area contributed by atoms with Crippen molar-refractivity contribution in [3.63, 3.8) is 0 Å². The maximum absolute atomic E-state index is 11.6. The summed E-state index contributed by atoms with van der Waals surface area (Å²) in [5.41, 5.74) is -0.590. The molecule has 0 bridgehead atoms. The molecule has 0 aromatic carbocycles. The first-order valence-corrected chi connectivity index (χ1v) is 4.95. The molecule has 4 amide bonds. The molecule has 0 aromatic rings. The van der Waals surface area contributed by atoms with E-state index < -0.39 is 35.3 Å². The van der Waals surface area contributed by atoms with Gasteiger partial charge in [0.25, 0.3) is 23.6 Å². The lowest BCUT2D eigenvalue weighted by Crippen LogP contribution is -2.38. The van der Waals surface area contributed by atoms with E-state index in [4.69, 9.17) is 0 Å². The fraction of sp³-hybridized carbons (Fsp3) is 0. The normalized spacial score (nSPS) is 17.7. The highest BCUT2D eigenvalue weighted by Crippen LogP contribution is 2.14. The predicted molar refractivity (Wildman–Crippen MR) is 57.2 cm³/mol. The van der Waals surface area contributed by atoms with Gasteiger partial charge in [-0.15, -0.1) is 0 Å². The van der Waals surface area contributed by atoms with Crippen molar-refractivity contribution in [1.29, 1.82) is 0 Å². The van der Waals surface area contributed by atoms with Crippen LogP contribution >= 0.6 is 0 Å². The number of hydrogen-bond acceptors (Lipinski definition) is 6. The monoisotopic (exact) mass is 262 g/mol. The number of amides is 4. The van der Waals surface area contributed by atoms with Gasteiger partial charge in [0.1, 0.15) is 5.70 Å². The number of nitrogens with zero attached hydrogens (tertiary/aromatic N) is 2. The van der Waals surface area contributed by atoms with E-state index in [9.17, 15) is 24.0 Å². The lowest BCUT2D eigenvalue weighted by molar-refractivity contribution is -0.194. The second-order valence-electron chi connectivity index (χ2n) is 3.47. The molecule has 19 heavy (non-hydrogen) atoms. The molecule has 2 heterocycles. The van der Waals surface area contributed by atoms with E-state index in [1.165, 1.54) is 0 Å². The molecule has 0 radical (unpaired) electrons. The van der Waals surface area contributed by atoms with Crippen molar-refractivity contribution in [2.75, 3.05) is 0 Å². The summed E-state index contributed by atoms with van der Waals surface area (Å²) in [6.45, 7) is 3.23. The molecule has 0 saturated heterocycles. The van der Waals surface area contributed by atoms with Gasteiger partial charge >= 0.3 is 5.97 Å². The van der Waals surface area contributed by atoms with Gasteiger partial charge in [-0.25, -0.2) is 9.69 Å². The molecule has 0 aromatic heterocycles. The topological polar surface area (TPSA) is 101 Å². The molecular weight excluding hydrogens is 256 g/mol.